The Hall–Kier alpha value is -0.910. The number of methoxy groups -OCH3 is 1. The van der Waals surface area contributed by atoms with Gasteiger partial charge < -0.3 is 4.74 Å². The molecule has 4 fully saturated rings. The third kappa shape index (κ3) is 2.83. The highest BCUT2D eigenvalue weighted by atomic mass is 32.2. The number of rotatable bonds is 5. The van der Waals surface area contributed by atoms with Gasteiger partial charge in [0.1, 0.15) is 0 Å². The Labute approximate surface area is 157 Å². The van der Waals surface area contributed by atoms with Crippen LogP contribution in [0.5, 0.6) is 0 Å². The van der Waals surface area contributed by atoms with Gasteiger partial charge in [-0.15, -0.1) is 0 Å². The van der Waals surface area contributed by atoms with Crippen LogP contribution in [0.2, 0.25) is 0 Å². The SMILES string of the molecule is COC1(CNS(=O)(=O)c2c(C)cc(C)cc2C)C2CC3CC(C2)CC1C3. The van der Waals surface area contributed by atoms with Crippen molar-refractivity contribution in [1.82, 2.24) is 4.72 Å². The smallest absolute Gasteiger partial charge is 0.241 e. The topological polar surface area (TPSA) is 55.4 Å². The summed E-state index contributed by atoms with van der Waals surface area (Å²) >= 11 is 0. The Morgan fingerprint density at radius 3 is 1.96 bits per heavy atom. The molecule has 1 N–H and O–H groups in total. The lowest BCUT2D eigenvalue weighted by atomic mass is 9.50. The molecule has 0 aliphatic heterocycles. The molecule has 144 valence electrons. The van der Waals surface area contributed by atoms with Crippen molar-refractivity contribution in [3.63, 3.8) is 0 Å². The van der Waals surface area contributed by atoms with E-state index in [1.54, 1.807) is 7.11 Å². The minimum absolute atomic E-state index is 0.326. The molecule has 0 amide bonds. The monoisotopic (exact) mass is 377 g/mol. The van der Waals surface area contributed by atoms with Crippen LogP contribution in [0.15, 0.2) is 17.0 Å². The molecule has 0 atom stereocenters. The van der Waals surface area contributed by atoms with Crippen molar-refractivity contribution in [1.29, 1.82) is 0 Å². The number of hydrogen-bond acceptors (Lipinski definition) is 3. The summed E-state index contributed by atoms with van der Waals surface area (Å²) in [5.74, 6) is 2.65. The molecule has 4 aliphatic carbocycles. The second-order valence-corrected chi connectivity index (χ2v) is 10.7. The lowest BCUT2D eigenvalue weighted by Crippen LogP contribution is -2.63. The third-order valence-corrected chi connectivity index (χ3v) is 9.02. The minimum atomic E-state index is -3.55. The number of aryl methyl sites for hydroxylation is 3. The maximum absolute atomic E-state index is 13.1. The van der Waals surface area contributed by atoms with E-state index >= 15 is 0 Å². The minimum Gasteiger partial charge on any atom is -0.376 e. The average molecular weight is 378 g/mol. The Morgan fingerprint density at radius 1 is 1.00 bits per heavy atom. The normalized spacial score (nSPS) is 35.8. The predicted octanol–water partition coefficient (Wildman–Crippen LogP) is 3.73. The summed E-state index contributed by atoms with van der Waals surface area (Å²) in [4.78, 5) is 0.429. The molecule has 0 heterocycles. The van der Waals surface area contributed by atoms with E-state index in [4.69, 9.17) is 4.74 Å². The highest BCUT2D eigenvalue weighted by Gasteiger charge is 2.57. The van der Waals surface area contributed by atoms with Crippen LogP contribution in [0, 0.1) is 44.4 Å². The number of benzene rings is 1. The van der Waals surface area contributed by atoms with E-state index < -0.39 is 10.0 Å². The van der Waals surface area contributed by atoms with Gasteiger partial charge in [0.2, 0.25) is 10.0 Å². The van der Waals surface area contributed by atoms with Crippen LogP contribution in [0.3, 0.4) is 0 Å². The van der Waals surface area contributed by atoms with Gasteiger partial charge in [-0.05, 0) is 87.7 Å². The van der Waals surface area contributed by atoms with E-state index in [0.717, 1.165) is 28.5 Å². The zero-order chi connectivity index (χ0) is 18.7. The number of hydrogen-bond donors (Lipinski definition) is 1. The molecule has 4 saturated carbocycles. The Kier molecular flexibility index (Phi) is 4.48. The van der Waals surface area contributed by atoms with Gasteiger partial charge in [0, 0.05) is 13.7 Å². The predicted molar refractivity (Wildman–Crippen MR) is 103 cm³/mol. The number of nitrogens with one attached hydrogen (secondary N) is 1. The first kappa shape index (κ1) is 18.5. The van der Waals surface area contributed by atoms with Crippen LogP contribution < -0.4 is 4.72 Å². The average Bonchev–Trinajstić information content (AvgIpc) is 2.53. The quantitative estimate of drug-likeness (QED) is 0.851. The molecule has 4 nitrogen and oxygen atoms in total. The van der Waals surface area contributed by atoms with Gasteiger partial charge >= 0.3 is 0 Å². The van der Waals surface area contributed by atoms with Crippen LogP contribution >= 0.6 is 0 Å². The van der Waals surface area contributed by atoms with Gasteiger partial charge in [-0.3, -0.25) is 0 Å². The van der Waals surface area contributed by atoms with E-state index in [0.29, 0.717) is 23.3 Å². The number of sulfonamides is 1. The van der Waals surface area contributed by atoms with Crippen LogP contribution in [-0.4, -0.2) is 27.7 Å². The lowest BCUT2D eigenvalue weighted by molar-refractivity contribution is -0.185. The van der Waals surface area contributed by atoms with Gasteiger partial charge in [0.05, 0.1) is 10.5 Å². The van der Waals surface area contributed by atoms with Crippen LogP contribution in [0.4, 0.5) is 0 Å². The summed E-state index contributed by atoms with van der Waals surface area (Å²) in [5, 5.41) is 0. The first-order valence-corrected chi connectivity index (χ1v) is 11.4. The van der Waals surface area contributed by atoms with Crippen molar-refractivity contribution in [2.24, 2.45) is 23.7 Å². The summed E-state index contributed by atoms with van der Waals surface area (Å²) in [6, 6.07) is 3.88. The van der Waals surface area contributed by atoms with E-state index in [1.807, 2.05) is 32.9 Å². The van der Waals surface area contributed by atoms with E-state index in [-0.39, 0.29) is 5.60 Å². The highest BCUT2D eigenvalue weighted by Crippen LogP contribution is 2.59. The summed E-state index contributed by atoms with van der Waals surface area (Å²) in [6.45, 7) is 6.15. The molecule has 26 heavy (non-hydrogen) atoms. The molecular formula is C21H31NO3S. The summed E-state index contributed by atoms with van der Waals surface area (Å²) in [5.41, 5.74) is 2.39. The summed E-state index contributed by atoms with van der Waals surface area (Å²) < 4.78 is 35.3. The van der Waals surface area contributed by atoms with Crippen molar-refractivity contribution in [3.05, 3.63) is 28.8 Å². The second kappa shape index (κ2) is 6.32. The molecule has 5 heteroatoms. The van der Waals surface area contributed by atoms with Crippen molar-refractivity contribution in [2.75, 3.05) is 13.7 Å². The van der Waals surface area contributed by atoms with E-state index in [1.165, 1.54) is 32.1 Å². The molecule has 0 saturated heterocycles. The fourth-order valence-electron chi connectivity index (χ4n) is 6.55. The van der Waals surface area contributed by atoms with Crippen LogP contribution in [-0.2, 0) is 14.8 Å². The van der Waals surface area contributed by atoms with E-state index in [9.17, 15) is 8.42 Å². The highest BCUT2D eigenvalue weighted by molar-refractivity contribution is 7.89. The molecule has 0 aromatic heterocycles. The van der Waals surface area contributed by atoms with Crippen molar-refractivity contribution >= 4 is 10.0 Å². The van der Waals surface area contributed by atoms with Crippen LogP contribution in [0.25, 0.3) is 0 Å². The van der Waals surface area contributed by atoms with Gasteiger partial charge in [0.15, 0.2) is 0 Å². The molecule has 1 aromatic rings. The third-order valence-electron chi connectivity index (χ3n) is 7.31. The molecule has 5 rings (SSSR count). The van der Waals surface area contributed by atoms with Crippen molar-refractivity contribution in [3.8, 4) is 0 Å². The maximum atomic E-state index is 13.1. The lowest BCUT2D eigenvalue weighted by Gasteiger charge is -2.60. The van der Waals surface area contributed by atoms with Gasteiger partial charge in [-0.2, -0.15) is 0 Å². The maximum Gasteiger partial charge on any atom is 0.241 e. The Bertz CT molecular complexity index is 764. The molecule has 0 radical (unpaired) electrons. The fourth-order valence-corrected chi connectivity index (χ4v) is 8.07. The fraction of sp³-hybridized carbons (Fsp3) is 0.714. The summed E-state index contributed by atoms with van der Waals surface area (Å²) in [7, 11) is -1.77. The Balaban J connectivity index is 1.60. The van der Waals surface area contributed by atoms with Crippen molar-refractivity contribution < 1.29 is 13.2 Å². The Morgan fingerprint density at radius 2 is 1.50 bits per heavy atom. The largest absolute Gasteiger partial charge is 0.376 e. The zero-order valence-electron chi connectivity index (χ0n) is 16.3. The second-order valence-electron chi connectivity index (χ2n) is 9.02. The molecule has 1 aromatic carbocycles. The molecule has 0 spiro atoms. The van der Waals surface area contributed by atoms with Gasteiger partial charge in [0.25, 0.3) is 0 Å². The summed E-state index contributed by atoms with van der Waals surface area (Å²) in [6.07, 6.45) is 6.17. The van der Waals surface area contributed by atoms with Crippen LogP contribution in [0.1, 0.15) is 48.8 Å². The first-order valence-electron chi connectivity index (χ1n) is 9.88. The van der Waals surface area contributed by atoms with Gasteiger partial charge in [-0.25, -0.2) is 13.1 Å². The van der Waals surface area contributed by atoms with E-state index in [2.05, 4.69) is 4.72 Å². The molecular weight excluding hydrogens is 346 g/mol. The molecule has 4 bridgehead atoms. The molecule has 0 unspecified atom stereocenters. The zero-order valence-corrected chi connectivity index (χ0v) is 17.2. The molecule has 4 aliphatic rings. The van der Waals surface area contributed by atoms with Crippen molar-refractivity contribution in [2.45, 2.75) is 63.4 Å². The standard InChI is InChI=1S/C21H31NO3S/c1-13-5-14(2)20(15(3)6-13)26(23,24)22-12-21(25-4)18-8-16-7-17(10-18)11-19(21)9-16/h5-6,16-19,22H,7-12H2,1-4H3. The van der Waals surface area contributed by atoms with Gasteiger partial charge in [-0.1, -0.05) is 17.7 Å². The first-order chi connectivity index (χ1) is 12.2. The number of ether oxygens (including phenoxy) is 1.